The number of nitrogens with one attached hydrogen (secondary N) is 1. The van der Waals surface area contributed by atoms with Gasteiger partial charge in [-0.05, 0) is 30.5 Å². The Labute approximate surface area is 96.3 Å². The molecule has 4 nitrogen and oxygen atoms in total. The van der Waals surface area contributed by atoms with Gasteiger partial charge in [0.05, 0.1) is 0 Å². The Balaban J connectivity index is 2.72. The zero-order chi connectivity index (χ0) is 12.1. The molecule has 16 heavy (non-hydrogen) atoms. The van der Waals surface area contributed by atoms with Gasteiger partial charge in [-0.1, -0.05) is 13.8 Å². The summed E-state index contributed by atoms with van der Waals surface area (Å²) >= 11 is 0. The average molecular weight is 221 g/mol. The molecule has 0 aliphatic heterocycles. The molecule has 0 bridgehead atoms. The van der Waals surface area contributed by atoms with Crippen molar-refractivity contribution < 1.29 is 4.79 Å². The third-order valence-corrected chi connectivity index (χ3v) is 2.65. The fourth-order valence-electron chi connectivity index (χ4n) is 1.17. The van der Waals surface area contributed by atoms with Gasteiger partial charge in [0.25, 0.3) is 5.91 Å². The summed E-state index contributed by atoms with van der Waals surface area (Å²) < 4.78 is 0. The standard InChI is InChI=1S/C12H19N3O/c1-8(2)9(3)15-12(16)11-6-10(7-13)4-5-14-11/h4-6,8-9H,7,13H2,1-3H3,(H,15,16)/t9-/m1/s1. The average Bonchev–Trinajstić information content (AvgIpc) is 2.28. The lowest BCUT2D eigenvalue weighted by Crippen LogP contribution is -2.36. The number of amides is 1. The molecule has 1 atom stereocenters. The summed E-state index contributed by atoms with van der Waals surface area (Å²) in [4.78, 5) is 15.8. The lowest BCUT2D eigenvalue weighted by molar-refractivity contribution is 0.0925. The van der Waals surface area contributed by atoms with E-state index in [-0.39, 0.29) is 11.9 Å². The quantitative estimate of drug-likeness (QED) is 0.805. The Hall–Kier alpha value is -1.42. The minimum atomic E-state index is -0.142. The van der Waals surface area contributed by atoms with E-state index < -0.39 is 0 Å². The molecule has 88 valence electrons. The molecule has 0 saturated carbocycles. The number of pyridine rings is 1. The van der Waals surface area contributed by atoms with Crippen molar-refractivity contribution in [2.24, 2.45) is 11.7 Å². The molecule has 1 amide bonds. The van der Waals surface area contributed by atoms with Crippen LogP contribution >= 0.6 is 0 Å². The van der Waals surface area contributed by atoms with Crippen molar-refractivity contribution in [3.63, 3.8) is 0 Å². The van der Waals surface area contributed by atoms with Crippen molar-refractivity contribution >= 4 is 5.91 Å². The van der Waals surface area contributed by atoms with E-state index in [9.17, 15) is 4.79 Å². The molecule has 1 aromatic heterocycles. The summed E-state index contributed by atoms with van der Waals surface area (Å²) in [6.45, 7) is 6.53. The van der Waals surface area contributed by atoms with Crippen molar-refractivity contribution in [3.05, 3.63) is 29.6 Å². The van der Waals surface area contributed by atoms with Crippen LogP contribution in [0.1, 0.15) is 36.8 Å². The van der Waals surface area contributed by atoms with Crippen LogP contribution in [0.3, 0.4) is 0 Å². The fraction of sp³-hybridized carbons (Fsp3) is 0.500. The molecule has 0 fully saturated rings. The second-order valence-electron chi connectivity index (χ2n) is 4.26. The van der Waals surface area contributed by atoms with Crippen LogP contribution in [0.4, 0.5) is 0 Å². The highest BCUT2D eigenvalue weighted by Gasteiger charge is 2.13. The van der Waals surface area contributed by atoms with Crippen LogP contribution in [0.2, 0.25) is 0 Å². The number of rotatable bonds is 4. The smallest absolute Gasteiger partial charge is 0.270 e. The van der Waals surface area contributed by atoms with E-state index in [2.05, 4.69) is 24.1 Å². The highest BCUT2D eigenvalue weighted by Crippen LogP contribution is 2.04. The lowest BCUT2D eigenvalue weighted by atomic mass is 10.1. The molecule has 0 unspecified atom stereocenters. The number of carbonyl (C=O) groups excluding carboxylic acids is 1. The number of aromatic nitrogens is 1. The van der Waals surface area contributed by atoms with Gasteiger partial charge in [0.2, 0.25) is 0 Å². The highest BCUT2D eigenvalue weighted by molar-refractivity contribution is 5.92. The zero-order valence-electron chi connectivity index (χ0n) is 10.0. The minimum Gasteiger partial charge on any atom is -0.348 e. The van der Waals surface area contributed by atoms with E-state index in [1.54, 1.807) is 12.3 Å². The number of hydrogen-bond acceptors (Lipinski definition) is 3. The third kappa shape index (κ3) is 3.31. The lowest BCUT2D eigenvalue weighted by Gasteiger charge is -2.17. The Morgan fingerprint density at radius 3 is 2.75 bits per heavy atom. The molecule has 0 aliphatic rings. The second-order valence-corrected chi connectivity index (χ2v) is 4.26. The Kier molecular flexibility index (Phi) is 4.43. The molecular weight excluding hydrogens is 202 g/mol. The first kappa shape index (κ1) is 12.6. The van der Waals surface area contributed by atoms with Gasteiger partial charge in [-0.3, -0.25) is 9.78 Å². The maximum Gasteiger partial charge on any atom is 0.270 e. The number of nitrogens with two attached hydrogens (primary N) is 1. The van der Waals surface area contributed by atoms with Crippen molar-refractivity contribution in [2.75, 3.05) is 0 Å². The molecule has 1 heterocycles. The van der Waals surface area contributed by atoms with Crippen molar-refractivity contribution in [1.82, 2.24) is 10.3 Å². The summed E-state index contributed by atoms with van der Waals surface area (Å²) in [5.41, 5.74) is 6.85. The predicted octanol–water partition coefficient (Wildman–Crippen LogP) is 1.31. The fourth-order valence-corrected chi connectivity index (χ4v) is 1.17. The van der Waals surface area contributed by atoms with Gasteiger partial charge < -0.3 is 11.1 Å². The molecule has 0 aliphatic carbocycles. The first-order valence-electron chi connectivity index (χ1n) is 5.50. The van der Waals surface area contributed by atoms with E-state index in [1.807, 2.05) is 13.0 Å². The van der Waals surface area contributed by atoms with Crippen molar-refractivity contribution in [1.29, 1.82) is 0 Å². The molecule has 0 radical (unpaired) electrons. The van der Waals surface area contributed by atoms with E-state index in [1.165, 1.54) is 0 Å². The van der Waals surface area contributed by atoms with Gasteiger partial charge in [0.15, 0.2) is 0 Å². The van der Waals surface area contributed by atoms with Gasteiger partial charge in [-0.15, -0.1) is 0 Å². The summed E-state index contributed by atoms with van der Waals surface area (Å²) in [7, 11) is 0. The van der Waals surface area contributed by atoms with Crippen molar-refractivity contribution in [2.45, 2.75) is 33.4 Å². The maximum atomic E-state index is 11.8. The second kappa shape index (κ2) is 5.61. The van der Waals surface area contributed by atoms with Gasteiger partial charge in [0.1, 0.15) is 5.69 Å². The zero-order valence-corrected chi connectivity index (χ0v) is 10.0. The van der Waals surface area contributed by atoms with E-state index in [4.69, 9.17) is 5.73 Å². The molecule has 1 rings (SSSR count). The summed E-state index contributed by atoms with van der Waals surface area (Å²) in [6, 6.07) is 3.67. The SMILES string of the molecule is CC(C)[C@@H](C)NC(=O)c1cc(CN)ccn1. The Bertz CT molecular complexity index is 363. The van der Waals surface area contributed by atoms with Gasteiger partial charge in [-0.2, -0.15) is 0 Å². The van der Waals surface area contributed by atoms with E-state index in [0.29, 0.717) is 18.2 Å². The monoisotopic (exact) mass is 221 g/mol. The minimum absolute atomic E-state index is 0.135. The Morgan fingerprint density at radius 2 is 2.19 bits per heavy atom. The van der Waals surface area contributed by atoms with Crippen LogP contribution in [-0.2, 0) is 6.54 Å². The first-order chi connectivity index (χ1) is 7.54. The van der Waals surface area contributed by atoms with Crippen LogP contribution in [0.25, 0.3) is 0 Å². The van der Waals surface area contributed by atoms with Crippen LogP contribution in [0, 0.1) is 5.92 Å². The van der Waals surface area contributed by atoms with Gasteiger partial charge >= 0.3 is 0 Å². The molecule has 0 aromatic carbocycles. The molecule has 0 saturated heterocycles. The molecule has 0 spiro atoms. The number of nitrogens with zero attached hydrogens (tertiary/aromatic N) is 1. The third-order valence-electron chi connectivity index (χ3n) is 2.65. The van der Waals surface area contributed by atoms with Crippen molar-refractivity contribution in [3.8, 4) is 0 Å². The van der Waals surface area contributed by atoms with E-state index in [0.717, 1.165) is 5.56 Å². The largest absolute Gasteiger partial charge is 0.348 e. The number of carbonyl (C=O) groups is 1. The van der Waals surface area contributed by atoms with Crippen LogP contribution in [0.15, 0.2) is 18.3 Å². The topological polar surface area (TPSA) is 68.0 Å². The summed E-state index contributed by atoms with van der Waals surface area (Å²) in [5.74, 6) is 0.262. The molecule has 4 heteroatoms. The van der Waals surface area contributed by atoms with Gasteiger partial charge in [0, 0.05) is 18.8 Å². The normalized spacial score (nSPS) is 12.6. The number of hydrogen-bond donors (Lipinski definition) is 2. The first-order valence-corrected chi connectivity index (χ1v) is 5.50. The van der Waals surface area contributed by atoms with Gasteiger partial charge in [-0.25, -0.2) is 0 Å². The van der Waals surface area contributed by atoms with Crippen LogP contribution in [-0.4, -0.2) is 16.9 Å². The summed E-state index contributed by atoms with van der Waals surface area (Å²) in [6.07, 6.45) is 1.61. The molecule has 1 aromatic rings. The maximum absolute atomic E-state index is 11.8. The molecule has 3 N–H and O–H groups in total. The Morgan fingerprint density at radius 1 is 1.50 bits per heavy atom. The highest BCUT2D eigenvalue weighted by atomic mass is 16.1. The molecular formula is C12H19N3O. The predicted molar refractivity (Wildman–Crippen MR) is 63.9 cm³/mol. The summed E-state index contributed by atoms with van der Waals surface area (Å²) in [5, 5.41) is 2.90. The van der Waals surface area contributed by atoms with Crippen LogP contribution in [0.5, 0.6) is 0 Å². The van der Waals surface area contributed by atoms with E-state index >= 15 is 0 Å². The van der Waals surface area contributed by atoms with Crippen LogP contribution < -0.4 is 11.1 Å².